The fraction of sp³-hybridized carbons (Fsp3) is 0.0833. The number of phenolic OH excluding ortho intramolecular Hbond substituents is 1. The molecule has 0 saturated heterocycles. The molecular weight excluding hydrogens is 420 g/mol. The molecule has 0 fully saturated rings. The summed E-state index contributed by atoms with van der Waals surface area (Å²) >= 11 is 0. The maximum Gasteiger partial charge on any atom is 0.281 e. The van der Waals surface area contributed by atoms with Gasteiger partial charge in [-0.15, -0.1) is 0 Å². The predicted octanol–water partition coefficient (Wildman–Crippen LogP) is 1.39. The van der Waals surface area contributed by atoms with Gasteiger partial charge in [0.2, 0.25) is 0 Å². The first-order valence-corrected chi connectivity index (χ1v) is 10.2. The maximum atomic E-state index is 13.6. The van der Waals surface area contributed by atoms with Crippen molar-refractivity contribution >= 4 is 17.5 Å². The van der Waals surface area contributed by atoms with Crippen molar-refractivity contribution in [1.29, 1.82) is 0 Å². The summed E-state index contributed by atoms with van der Waals surface area (Å²) < 4.78 is 4.63. The first kappa shape index (κ1) is 20.3. The molecule has 2 aromatic carbocycles. The smallest absolute Gasteiger partial charge is 0.281 e. The standard InChI is InChI=1S/C24H20N6O3/c1-14-21(24(33)30(28(14)2)16-9-4-3-5-10-16)22-17(12-15-8-6-7-11-18(15)31)23-26-20(32)13-19(25)29(23)27-22/h3-13,31H,25H2,1-2H3/b17-12+. The molecule has 0 aliphatic rings. The van der Waals surface area contributed by atoms with Gasteiger partial charge < -0.3 is 10.8 Å². The SMILES string of the molecule is Cc1c(-c2nn3c(N)cc(=O)nc3/c2=C/c2ccccc2O)c(=O)n(-c2ccccc2)n1C. The molecule has 33 heavy (non-hydrogen) atoms. The molecular formula is C24H20N6O3. The summed E-state index contributed by atoms with van der Waals surface area (Å²) in [5.74, 6) is 0.140. The predicted molar refractivity (Wildman–Crippen MR) is 125 cm³/mol. The molecule has 0 saturated carbocycles. The number of aromatic hydroxyl groups is 1. The van der Waals surface area contributed by atoms with Crippen molar-refractivity contribution in [2.75, 3.05) is 5.73 Å². The van der Waals surface area contributed by atoms with Crippen LogP contribution in [0.1, 0.15) is 11.3 Å². The third-order valence-corrected chi connectivity index (χ3v) is 5.66. The quantitative estimate of drug-likeness (QED) is 0.437. The van der Waals surface area contributed by atoms with Crippen LogP contribution in [-0.2, 0) is 7.05 Å². The first-order valence-electron chi connectivity index (χ1n) is 10.2. The van der Waals surface area contributed by atoms with E-state index in [4.69, 9.17) is 5.73 Å². The Balaban J connectivity index is 1.92. The molecule has 0 bridgehead atoms. The number of hydrogen-bond donors (Lipinski definition) is 2. The van der Waals surface area contributed by atoms with Crippen LogP contribution in [0.3, 0.4) is 0 Å². The van der Waals surface area contributed by atoms with E-state index in [-0.39, 0.29) is 22.8 Å². The summed E-state index contributed by atoms with van der Waals surface area (Å²) in [7, 11) is 1.79. The highest BCUT2D eigenvalue weighted by Gasteiger charge is 2.23. The van der Waals surface area contributed by atoms with Crippen LogP contribution in [0.15, 0.2) is 70.3 Å². The van der Waals surface area contributed by atoms with E-state index in [9.17, 15) is 14.7 Å². The number of benzene rings is 2. The lowest BCUT2D eigenvalue weighted by Crippen LogP contribution is -2.21. The van der Waals surface area contributed by atoms with Gasteiger partial charge in [-0.2, -0.15) is 14.6 Å². The summed E-state index contributed by atoms with van der Waals surface area (Å²) in [6.45, 7) is 1.82. The summed E-state index contributed by atoms with van der Waals surface area (Å²) in [6.07, 6.45) is 1.65. The molecule has 0 radical (unpaired) electrons. The molecule has 0 atom stereocenters. The van der Waals surface area contributed by atoms with Crippen molar-refractivity contribution < 1.29 is 5.11 Å². The highest BCUT2D eigenvalue weighted by Crippen LogP contribution is 2.21. The van der Waals surface area contributed by atoms with Crippen LogP contribution >= 0.6 is 0 Å². The third kappa shape index (κ3) is 3.18. The monoisotopic (exact) mass is 440 g/mol. The van der Waals surface area contributed by atoms with E-state index in [0.717, 1.165) is 0 Å². The van der Waals surface area contributed by atoms with Crippen LogP contribution in [-0.4, -0.2) is 29.1 Å². The van der Waals surface area contributed by atoms with E-state index in [1.54, 1.807) is 46.8 Å². The highest BCUT2D eigenvalue weighted by molar-refractivity contribution is 5.73. The molecule has 9 nitrogen and oxygen atoms in total. The van der Waals surface area contributed by atoms with Gasteiger partial charge >= 0.3 is 0 Å². The van der Waals surface area contributed by atoms with Crippen LogP contribution in [0.4, 0.5) is 5.82 Å². The minimum Gasteiger partial charge on any atom is -0.507 e. The van der Waals surface area contributed by atoms with E-state index in [0.29, 0.717) is 33.4 Å². The second-order valence-corrected chi connectivity index (χ2v) is 7.66. The molecule has 0 amide bonds. The number of fused-ring (bicyclic) bond motifs is 1. The van der Waals surface area contributed by atoms with E-state index < -0.39 is 5.56 Å². The normalized spacial score (nSPS) is 12.0. The summed E-state index contributed by atoms with van der Waals surface area (Å²) in [6, 6.07) is 17.2. The lowest BCUT2D eigenvalue weighted by molar-refractivity contribution is 0.474. The Morgan fingerprint density at radius 2 is 1.73 bits per heavy atom. The van der Waals surface area contributed by atoms with Crippen molar-refractivity contribution in [3.05, 3.63) is 97.8 Å². The Labute approximate surface area is 187 Å². The van der Waals surface area contributed by atoms with Gasteiger partial charge in [0.25, 0.3) is 11.1 Å². The molecule has 5 aromatic rings. The highest BCUT2D eigenvalue weighted by atomic mass is 16.3. The zero-order chi connectivity index (χ0) is 23.3. The van der Waals surface area contributed by atoms with Crippen molar-refractivity contribution in [2.24, 2.45) is 7.05 Å². The molecule has 0 spiro atoms. The van der Waals surface area contributed by atoms with Crippen LogP contribution in [0.2, 0.25) is 0 Å². The lowest BCUT2D eigenvalue weighted by atomic mass is 10.1. The molecule has 3 N–H and O–H groups in total. The Hall–Kier alpha value is -4.66. The number of aromatic nitrogens is 5. The number of hydrogen-bond acceptors (Lipinski definition) is 6. The van der Waals surface area contributed by atoms with Crippen molar-refractivity contribution in [3.63, 3.8) is 0 Å². The molecule has 164 valence electrons. The number of nitrogens with two attached hydrogens (primary N) is 1. The average Bonchev–Trinajstić information content (AvgIpc) is 3.24. The van der Waals surface area contributed by atoms with Gasteiger partial charge in [0.15, 0.2) is 5.65 Å². The van der Waals surface area contributed by atoms with Gasteiger partial charge in [0, 0.05) is 29.6 Å². The fourth-order valence-corrected chi connectivity index (χ4v) is 3.96. The van der Waals surface area contributed by atoms with Gasteiger partial charge in [-0.1, -0.05) is 36.4 Å². The zero-order valence-electron chi connectivity index (χ0n) is 17.9. The van der Waals surface area contributed by atoms with Crippen LogP contribution in [0.25, 0.3) is 28.7 Å². The van der Waals surface area contributed by atoms with Crippen molar-refractivity contribution in [1.82, 2.24) is 24.0 Å². The Morgan fingerprint density at radius 1 is 1.03 bits per heavy atom. The molecule has 0 aliphatic carbocycles. The van der Waals surface area contributed by atoms with Gasteiger partial charge in [0.05, 0.1) is 11.3 Å². The maximum absolute atomic E-state index is 13.6. The second kappa shape index (κ2) is 7.49. The summed E-state index contributed by atoms with van der Waals surface area (Å²) in [5.41, 5.74) is 7.97. The van der Waals surface area contributed by atoms with E-state index >= 15 is 0 Å². The van der Waals surface area contributed by atoms with Crippen LogP contribution in [0.5, 0.6) is 5.75 Å². The number of phenols is 1. The topological polar surface area (TPSA) is 120 Å². The van der Waals surface area contributed by atoms with Gasteiger partial charge in [-0.3, -0.25) is 14.3 Å². The number of nitrogen functional groups attached to an aromatic ring is 1. The molecule has 9 heteroatoms. The number of rotatable bonds is 3. The van der Waals surface area contributed by atoms with Crippen molar-refractivity contribution in [2.45, 2.75) is 6.92 Å². The first-order chi connectivity index (χ1) is 15.9. The van der Waals surface area contributed by atoms with E-state index in [2.05, 4.69) is 10.1 Å². The third-order valence-electron chi connectivity index (χ3n) is 5.66. The number of para-hydroxylation sites is 2. The number of nitrogens with zero attached hydrogens (tertiary/aromatic N) is 5. The molecule has 5 rings (SSSR count). The minimum atomic E-state index is -0.523. The zero-order valence-corrected chi connectivity index (χ0v) is 17.9. The van der Waals surface area contributed by atoms with Gasteiger partial charge in [-0.25, -0.2) is 4.68 Å². The van der Waals surface area contributed by atoms with Gasteiger partial charge in [0.1, 0.15) is 17.3 Å². The number of anilines is 1. The average molecular weight is 440 g/mol. The molecule has 3 aromatic heterocycles. The van der Waals surface area contributed by atoms with E-state index in [1.165, 1.54) is 10.6 Å². The van der Waals surface area contributed by atoms with Crippen LogP contribution in [0, 0.1) is 6.92 Å². The van der Waals surface area contributed by atoms with E-state index in [1.807, 2.05) is 37.3 Å². The molecule has 0 unspecified atom stereocenters. The van der Waals surface area contributed by atoms with Crippen molar-refractivity contribution in [3.8, 4) is 22.7 Å². The van der Waals surface area contributed by atoms with Gasteiger partial charge in [-0.05, 0) is 31.2 Å². The minimum absolute atomic E-state index is 0.0422. The Bertz CT molecular complexity index is 1700. The Morgan fingerprint density at radius 3 is 2.45 bits per heavy atom. The Kier molecular flexibility index (Phi) is 4.59. The largest absolute Gasteiger partial charge is 0.507 e. The molecule has 3 heterocycles. The van der Waals surface area contributed by atoms with Crippen LogP contribution < -0.4 is 22.1 Å². The molecule has 0 aliphatic heterocycles. The summed E-state index contributed by atoms with van der Waals surface area (Å²) in [5, 5.41) is 15.3. The summed E-state index contributed by atoms with van der Waals surface area (Å²) in [4.78, 5) is 29.9. The second-order valence-electron chi connectivity index (χ2n) is 7.66. The lowest BCUT2D eigenvalue weighted by Gasteiger charge is -2.07. The fourth-order valence-electron chi connectivity index (χ4n) is 3.96.